The minimum Gasteiger partial charge on any atom is -0.353 e. The predicted octanol–water partition coefficient (Wildman–Crippen LogP) is 4.90. The van der Waals surface area contributed by atoms with E-state index in [0.717, 1.165) is 12.1 Å². The summed E-state index contributed by atoms with van der Waals surface area (Å²) in [5.41, 5.74) is 0.146. The van der Waals surface area contributed by atoms with E-state index in [1.165, 1.54) is 12.1 Å². The number of thiocarbonyl (C=S) groups is 1. The third kappa shape index (κ3) is 5.18. The number of nitrogens with one attached hydrogen (secondary N) is 2. The molecule has 0 atom stereocenters. The number of hydrogen-bond donors (Lipinski definition) is 2. The van der Waals surface area contributed by atoms with Crippen LogP contribution in [-0.2, 0) is 12.7 Å². The molecule has 3 aromatic rings. The topological polar surface area (TPSA) is 63.0 Å². The molecule has 0 amide bonds. The summed E-state index contributed by atoms with van der Waals surface area (Å²) in [7, 11) is 0. The molecule has 0 aliphatic rings. The van der Waals surface area contributed by atoms with E-state index in [1.54, 1.807) is 24.3 Å². The number of anilines is 1. The van der Waals surface area contributed by atoms with Crippen LogP contribution in [0.1, 0.15) is 11.5 Å². The molecule has 3 rings (SSSR count). The van der Waals surface area contributed by atoms with Crippen molar-refractivity contribution in [1.82, 2.24) is 15.5 Å². The normalized spacial score (nSPS) is 11.3. The SMILES string of the molecule is FC(F)(F)c1cccc(NC(=S)NCc2nc(-c3cccc(Cl)c3)no2)c1. The smallest absolute Gasteiger partial charge is 0.353 e. The Balaban J connectivity index is 1.59. The third-order valence-electron chi connectivity index (χ3n) is 3.40. The molecule has 0 saturated carbocycles. The second-order valence-corrected chi connectivity index (χ2v) is 6.25. The van der Waals surface area contributed by atoms with Crippen molar-refractivity contribution >= 4 is 34.6 Å². The van der Waals surface area contributed by atoms with Crippen LogP contribution >= 0.6 is 23.8 Å². The lowest BCUT2D eigenvalue weighted by Crippen LogP contribution is -2.28. The summed E-state index contributed by atoms with van der Waals surface area (Å²) in [5, 5.41) is 10.0. The Morgan fingerprint density at radius 1 is 1.15 bits per heavy atom. The summed E-state index contributed by atoms with van der Waals surface area (Å²) in [6.45, 7) is 0.109. The summed E-state index contributed by atoms with van der Waals surface area (Å²) < 4.78 is 43.3. The second-order valence-electron chi connectivity index (χ2n) is 5.41. The number of aromatic nitrogens is 2. The quantitative estimate of drug-likeness (QED) is 0.594. The van der Waals surface area contributed by atoms with Gasteiger partial charge in [-0.1, -0.05) is 35.0 Å². The highest BCUT2D eigenvalue weighted by atomic mass is 35.5. The van der Waals surface area contributed by atoms with E-state index in [-0.39, 0.29) is 23.2 Å². The molecule has 2 N–H and O–H groups in total. The van der Waals surface area contributed by atoms with Gasteiger partial charge in [-0.25, -0.2) is 0 Å². The molecule has 140 valence electrons. The molecular formula is C17H12ClF3N4OS. The number of hydrogen-bond acceptors (Lipinski definition) is 4. The predicted molar refractivity (Wildman–Crippen MR) is 99.2 cm³/mol. The van der Waals surface area contributed by atoms with Gasteiger partial charge in [0.05, 0.1) is 12.1 Å². The van der Waals surface area contributed by atoms with Crippen molar-refractivity contribution in [2.24, 2.45) is 0 Å². The van der Waals surface area contributed by atoms with Gasteiger partial charge in [0.1, 0.15) is 0 Å². The Hall–Kier alpha value is -2.65. The number of rotatable bonds is 4. The standard InChI is InChI=1S/C17H12ClF3N4OS/c18-12-5-1-3-10(7-12)15-24-14(26-25-15)9-22-16(27)23-13-6-2-4-11(8-13)17(19,20)21/h1-8H,9H2,(H2,22,23,27). The lowest BCUT2D eigenvalue weighted by Gasteiger charge is -2.11. The second kappa shape index (κ2) is 7.93. The molecule has 0 bridgehead atoms. The molecule has 1 aromatic heterocycles. The zero-order valence-electron chi connectivity index (χ0n) is 13.5. The lowest BCUT2D eigenvalue weighted by molar-refractivity contribution is -0.137. The average Bonchev–Trinajstić information content (AvgIpc) is 3.09. The Bertz CT molecular complexity index is 961. The minimum absolute atomic E-state index is 0.109. The van der Waals surface area contributed by atoms with Gasteiger partial charge in [-0.2, -0.15) is 18.2 Å². The highest BCUT2D eigenvalue weighted by Crippen LogP contribution is 2.30. The lowest BCUT2D eigenvalue weighted by atomic mass is 10.2. The zero-order valence-corrected chi connectivity index (χ0v) is 15.1. The molecule has 0 fully saturated rings. The van der Waals surface area contributed by atoms with E-state index < -0.39 is 11.7 Å². The van der Waals surface area contributed by atoms with Gasteiger partial charge in [-0.3, -0.25) is 0 Å². The number of alkyl halides is 3. The van der Waals surface area contributed by atoms with E-state index in [2.05, 4.69) is 20.8 Å². The van der Waals surface area contributed by atoms with Gasteiger partial charge in [0, 0.05) is 16.3 Å². The highest BCUT2D eigenvalue weighted by Gasteiger charge is 2.30. The number of nitrogens with zero attached hydrogens (tertiary/aromatic N) is 2. The van der Waals surface area contributed by atoms with Crippen LogP contribution in [0, 0.1) is 0 Å². The molecule has 0 radical (unpaired) electrons. The van der Waals surface area contributed by atoms with E-state index in [9.17, 15) is 13.2 Å². The number of benzene rings is 2. The van der Waals surface area contributed by atoms with Crippen molar-refractivity contribution in [2.75, 3.05) is 5.32 Å². The van der Waals surface area contributed by atoms with Crippen LogP contribution in [0.3, 0.4) is 0 Å². The van der Waals surface area contributed by atoms with Crippen LogP contribution < -0.4 is 10.6 Å². The average molecular weight is 413 g/mol. The fourth-order valence-electron chi connectivity index (χ4n) is 2.18. The van der Waals surface area contributed by atoms with Gasteiger partial charge in [0.2, 0.25) is 11.7 Å². The van der Waals surface area contributed by atoms with E-state index in [1.807, 2.05) is 0 Å². The largest absolute Gasteiger partial charge is 0.416 e. The van der Waals surface area contributed by atoms with Crippen molar-refractivity contribution in [3.05, 3.63) is 65.0 Å². The molecule has 0 unspecified atom stereocenters. The first kappa shape index (κ1) is 19.1. The summed E-state index contributed by atoms with van der Waals surface area (Å²) in [5.74, 6) is 0.629. The maximum absolute atomic E-state index is 12.7. The molecule has 27 heavy (non-hydrogen) atoms. The summed E-state index contributed by atoms with van der Waals surface area (Å²) in [4.78, 5) is 4.21. The van der Waals surface area contributed by atoms with E-state index in [0.29, 0.717) is 16.4 Å². The number of halogens is 4. The maximum Gasteiger partial charge on any atom is 0.416 e. The van der Waals surface area contributed by atoms with Gasteiger partial charge >= 0.3 is 6.18 Å². The van der Waals surface area contributed by atoms with E-state index in [4.69, 9.17) is 28.3 Å². The minimum atomic E-state index is -4.42. The molecule has 10 heteroatoms. The van der Waals surface area contributed by atoms with Crippen LogP contribution in [0.15, 0.2) is 53.1 Å². The molecule has 5 nitrogen and oxygen atoms in total. The van der Waals surface area contributed by atoms with Gasteiger partial charge in [0.25, 0.3) is 0 Å². The summed E-state index contributed by atoms with van der Waals surface area (Å²) >= 11 is 11.0. The molecular weight excluding hydrogens is 401 g/mol. The third-order valence-corrected chi connectivity index (χ3v) is 3.88. The molecule has 0 saturated heterocycles. The van der Waals surface area contributed by atoms with Crippen LogP contribution in [-0.4, -0.2) is 15.3 Å². The molecule has 0 spiro atoms. The van der Waals surface area contributed by atoms with Gasteiger partial charge in [-0.15, -0.1) is 0 Å². The summed E-state index contributed by atoms with van der Waals surface area (Å²) in [6, 6.07) is 11.7. The molecule has 1 heterocycles. The molecule has 0 aliphatic carbocycles. The first-order valence-electron chi connectivity index (χ1n) is 7.62. The van der Waals surface area contributed by atoms with Crippen LogP contribution in [0.2, 0.25) is 5.02 Å². The Labute approximate surface area is 162 Å². The van der Waals surface area contributed by atoms with Gasteiger partial charge in [0.15, 0.2) is 5.11 Å². The zero-order chi connectivity index (χ0) is 19.4. The monoisotopic (exact) mass is 412 g/mol. The Morgan fingerprint density at radius 2 is 1.93 bits per heavy atom. The van der Waals surface area contributed by atoms with Gasteiger partial charge in [-0.05, 0) is 42.5 Å². The highest BCUT2D eigenvalue weighted by molar-refractivity contribution is 7.80. The van der Waals surface area contributed by atoms with Crippen LogP contribution in [0.25, 0.3) is 11.4 Å². The fourth-order valence-corrected chi connectivity index (χ4v) is 2.56. The van der Waals surface area contributed by atoms with Crippen LogP contribution in [0.4, 0.5) is 18.9 Å². The van der Waals surface area contributed by atoms with E-state index >= 15 is 0 Å². The van der Waals surface area contributed by atoms with Crippen molar-refractivity contribution in [3.63, 3.8) is 0 Å². The maximum atomic E-state index is 12.7. The van der Waals surface area contributed by atoms with Gasteiger partial charge < -0.3 is 15.2 Å². The Morgan fingerprint density at radius 3 is 2.67 bits per heavy atom. The van der Waals surface area contributed by atoms with Crippen molar-refractivity contribution in [1.29, 1.82) is 0 Å². The van der Waals surface area contributed by atoms with Crippen molar-refractivity contribution < 1.29 is 17.7 Å². The first-order valence-corrected chi connectivity index (χ1v) is 8.40. The van der Waals surface area contributed by atoms with Crippen LogP contribution in [0.5, 0.6) is 0 Å². The summed E-state index contributed by atoms with van der Waals surface area (Å²) in [6.07, 6.45) is -4.42. The fraction of sp³-hybridized carbons (Fsp3) is 0.118. The molecule has 0 aliphatic heterocycles. The molecule has 2 aromatic carbocycles. The first-order chi connectivity index (χ1) is 12.8. The van der Waals surface area contributed by atoms with Crippen molar-refractivity contribution in [3.8, 4) is 11.4 Å². The Kier molecular flexibility index (Phi) is 5.62. The van der Waals surface area contributed by atoms with Crippen molar-refractivity contribution in [2.45, 2.75) is 12.7 Å².